The Labute approximate surface area is 82.7 Å². The molecule has 0 amide bonds. The Morgan fingerprint density at radius 2 is 2.23 bits per heavy atom. The monoisotopic (exact) mass is 194 g/mol. The third kappa shape index (κ3) is 1.93. The van der Waals surface area contributed by atoms with Crippen LogP contribution >= 0.6 is 11.6 Å². The average Bonchev–Trinajstić information content (AvgIpc) is 2.88. The lowest BCUT2D eigenvalue weighted by Crippen LogP contribution is -1.81. The summed E-state index contributed by atoms with van der Waals surface area (Å²) in [6, 6.07) is 7.75. The summed E-state index contributed by atoms with van der Waals surface area (Å²) in [5, 5.41) is 9.63. The SMILES string of the molecule is OCC1C/C1=C\c1ccccc1Cl. The van der Waals surface area contributed by atoms with Crippen molar-refractivity contribution >= 4 is 17.7 Å². The zero-order chi connectivity index (χ0) is 9.26. The van der Waals surface area contributed by atoms with E-state index in [1.165, 1.54) is 5.57 Å². The van der Waals surface area contributed by atoms with Crippen molar-refractivity contribution in [2.45, 2.75) is 6.42 Å². The highest BCUT2D eigenvalue weighted by molar-refractivity contribution is 6.32. The first kappa shape index (κ1) is 8.79. The first-order valence-electron chi connectivity index (χ1n) is 4.37. The summed E-state index contributed by atoms with van der Waals surface area (Å²) >= 11 is 5.98. The maximum absolute atomic E-state index is 8.85. The fourth-order valence-electron chi connectivity index (χ4n) is 1.38. The van der Waals surface area contributed by atoms with E-state index in [1.807, 2.05) is 24.3 Å². The molecule has 1 saturated carbocycles. The van der Waals surface area contributed by atoms with Crippen LogP contribution in [-0.4, -0.2) is 11.7 Å². The normalized spacial score (nSPS) is 23.5. The van der Waals surface area contributed by atoms with Crippen LogP contribution < -0.4 is 0 Å². The molecule has 1 aliphatic carbocycles. The van der Waals surface area contributed by atoms with Crippen LogP contribution in [0.15, 0.2) is 29.8 Å². The van der Waals surface area contributed by atoms with Gasteiger partial charge in [-0.3, -0.25) is 0 Å². The minimum atomic E-state index is 0.260. The van der Waals surface area contributed by atoms with Gasteiger partial charge >= 0.3 is 0 Å². The standard InChI is InChI=1S/C11H11ClO/c12-11-4-2-1-3-8(11)5-9-6-10(9)7-13/h1-5,10,13H,6-7H2/b9-5+. The molecule has 0 heterocycles. The van der Waals surface area contributed by atoms with E-state index < -0.39 is 0 Å². The smallest absolute Gasteiger partial charge is 0.0499 e. The molecule has 0 radical (unpaired) electrons. The van der Waals surface area contributed by atoms with Crippen molar-refractivity contribution < 1.29 is 5.11 Å². The molecule has 0 aliphatic heterocycles. The quantitative estimate of drug-likeness (QED) is 0.768. The number of aliphatic hydroxyl groups is 1. The lowest BCUT2D eigenvalue weighted by atomic mass is 10.2. The van der Waals surface area contributed by atoms with Crippen molar-refractivity contribution in [3.63, 3.8) is 0 Å². The van der Waals surface area contributed by atoms with Crippen LogP contribution in [0.5, 0.6) is 0 Å². The number of aliphatic hydroxyl groups excluding tert-OH is 1. The molecule has 13 heavy (non-hydrogen) atoms. The minimum absolute atomic E-state index is 0.260. The van der Waals surface area contributed by atoms with Gasteiger partial charge < -0.3 is 5.11 Å². The molecule has 0 spiro atoms. The van der Waals surface area contributed by atoms with Crippen molar-refractivity contribution in [2.75, 3.05) is 6.61 Å². The molecule has 1 N–H and O–H groups in total. The molecule has 1 fully saturated rings. The highest BCUT2D eigenvalue weighted by atomic mass is 35.5. The first-order chi connectivity index (χ1) is 6.31. The van der Waals surface area contributed by atoms with E-state index in [-0.39, 0.29) is 6.61 Å². The van der Waals surface area contributed by atoms with Crippen molar-refractivity contribution in [2.24, 2.45) is 5.92 Å². The number of rotatable bonds is 2. The molecule has 2 rings (SSSR count). The Bertz CT molecular complexity index is 344. The molecule has 1 aromatic carbocycles. The Hall–Kier alpha value is -0.790. The summed E-state index contributed by atoms with van der Waals surface area (Å²) < 4.78 is 0. The number of hydrogen-bond donors (Lipinski definition) is 1. The number of halogens is 1. The topological polar surface area (TPSA) is 20.2 Å². The van der Waals surface area contributed by atoms with Crippen LogP contribution in [0.2, 0.25) is 5.02 Å². The summed E-state index contributed by atoms with van der Waals surface area (Å²) in [6.45, 7) is 0.260. The largest absolute Gasteiger partial charge is 0.396 e. The predicted molar refractivity (Wildman–Crippen MR) is 54.6 cm³/mol. The molecule has 1 aliphatic rings. The number of benzene rings is 1. The second-order valence-corrected chi connectivity index (χ2v) is 3.73. The van der Waals surface area contributed by atoms with E-state index in [4.69, 9.17) is 16.7 Å². The summed E-state index contributed by atoms with van der Waals surface area (Å²) in [5.74, 6) is 0.385. The second-order valence-electron chi connectivity index (χ2n) is 3.32. The minimum Gasteiger partial charge on any atom is -0.396 e. The van der Waals surface area contributed by atoms with Gasteiger partial charge in [0.1, 0.15) is 0 Å². The lowest BCUT2D eigenvalue weighted by molar-refractivity contribution is 0.281. The molecule has 1 atom stereocenters. The third-order valence-electron chi connectivity index (χ3n) is 2.31. The van der Waals surface area contributed by atoms with Crippen LogP contribution in [0.25, 0.3) is 6.08 Å². The summed E-state index contributed by atoms with van der Waals surface area (Å²) in [7, 11) is 0. The van der Waals surface area contributed by atoms with Gasteiger partial charge in [-0.25, -0.2) is 0 Å². The molecule has 0 saturated heterocycles. The van der Waals surface area contributed by atoms with Gasteiger partial charge in [0.15, 0.2) is 0 Å². The van der Waals surface area contributed by atoms with E-state index in [9.17, 15) is 0 Å². The Kier molecular flexibility index (Phi) is 2.38. The fraction of sp³-hybridized carbons (Fsp3) is 0.273. The maximum atomic E-state index is 8.85. The lowest BCUT2D eigenvalue weighted by Gasteiger charge is -1.95. The summed E-state index contributed by atoms with van der Waals surface area (Å²) in [5.41, 5.74) is 2.35. The van der Waals surface area contributed by atoms with Gasteiger partial charge in [0, 0.05) is 17.5 Å². The zero-order valence-corrected chi connectivity index (χ0v) is 7.96. The van der Waals surface area contributed by atoms with Crippen LogP contribution in [0.1, 0.15) is 12.0 Å². The molecule has 68 valence electrons. The maximum Gasteiger partial charge on any atom is 0.0499 e. The van der Waals surface area contributed by atoms with Gasteiger partial charge in [-0.2, -0.15) is 0 Å². The van der Waals surface area contributed by atoms with Crippen LogP contribution in [0.4, 0.5) is 0 Å². The fourth-order valence-corrected chi connectivity index (χ4v) is 1.57. The zero-order valence-electron chi connectivity index (χ0n) is 7.20. The molecule has 1 unspecified atom stereocenters. The average molecular weight is 195 g/mol. The molecule has 1 aromatic rings. The van der Waals surface area contributed by atoms with Crippen LogP contribution in [-0.2, 0) is 0 Å². The van der Waals surface area contributed by atoms with E-state index in [2.05, 4.69) is 6.08 Å². The van der Waals surface area contributed by atoms with Crippen LogP contribution in [0, 0.1) is 5.92 Å². The Morgan fingerprint density at radius 1 is 1.46 bits per heavy atom. The molecule has 1 nitrogen and oxygen atoms in total. The molecular weight excluding hydrogens is 184 g/mol. The van der Waals surface area contributed by atoms with Crippen LogP contribution in [0.3, 0.4) is 0 Å². The van der Waals surface area contributed by atoms with Crippen molar-refractivity contribution in [3.8, 4) is 0 Å². The Morgan fingerprint density at radius 3 is 2.85 bits per heavy atom. The van der Waals surface area contributed by atoms with Gasteiger partial charge in [-0.1, -0.05) is 41.4 Å². The van der Waals surface area contributed by atoms with Crippen molar-refractivity contribution in [1.82, 2.24) is 0 Å². The van der Waals surface area contributed by atoms with E-state index in [0.717, 1.165) is 17.0 Å². The van der Waals surface area contributed by atoms with Gasteiger partial charge in [0.05, 0.1) is 0 Å². The molecule has 0 aromatic heterocycles. The summed E-state index contributed by atoms with van der Waals surface area (Å²) in [6.07, 6.45) is 3.09. The Balaban J connectivity index is 2.20. The third-order valence-corrected chi connectivity index (χ3v) is 2.66. The first-order valence-corrected chi connectivity index (χ1v) is 4.75. The molecule has 2 heteroatoms. The number of hydrogen-bond acceptors (Lipinski definition) is 1. The van der Waals surface area contributed by atoms with E-state index >= 15 is 0 Å². The second kappa shape index (κ2) is 3.52. The highest BCUT2D eigenvalue weighted by Crippen LogP contribution is 2.39. The molecule has 0 bridgehead atoms. The molecular formula is C11H11ClO. The van der Waals surface area contributed by atoms with Gasteiger partial charge in [-0.15, -0.1) is 0 Å². The highest BCUT2D eigenvalue weighted by Gasteiger charge is 2.28. The summed E-state index contributed by atoms with van der Waals surface area (Å²) in [4.78, 5) is 0. The van der Waals surface area contributed by atoms with Gasteiger partial charge in [0.25, 0.3) is 0 Å². The predicted octanol–water partition coefficient (Wildman–Crippen LogP) is 2.74. The van der Waals surface area contributed by atoms with E-state index in [1.54, 1.807) is 0 Å². The van der Waals surface area contributed by atoms with E-state index in [0.29, 0.717) is 5.92 Å². The van der Waals surface area contributed by atoms with Crippen molar-refractivity contribution in [3.05, 3.63) is 40.4 Å². The van der Waals surface area contributed by atoms with Gasteiger partial charge in [0.2, 0.25) is 0 Å². The van der Waals surface area contributed by atoms with Crippen molar-refractivity contribution in [1.29, 1.82) is 0 Å². The van der Waals surface area contributed by atoms with Gasteiger partial charge in [-0.05, 0) is 18.1 Å².